The van der Waals surface area contributed by atoms with Gasteiger partial charge in [-0.2, -0.15) is 12.6 Å². The molecule has 0 bridgehead atoms. The number of aromatic nitrogens is 2. The number of benzene rings is 2. The van der Waals surface area contributed by atoms with Crippen LogP contribution in [0.2, 0.25) is 0 Å². The highest BCUT2D eigenvalue weighted by Gasteiger charge is 2.17. The molecule has 3 aromatic rings. The molecule has 3 heteroatoms. The minimum atomic E-state index is 0.177. The Bertz CT molecular complexity index is 725. The highest BCUT2D eigenvalue weighted by molar-refractivity contribution is 7.80. The van der Waals surface area contributed by atoms with Gasteiger partial charge in [0.05, 0.1) is 22.4 Å². The van der Waals surface area contributed by atoms with Crippen LogP contribution in [0.4, 0.5) is 0 Å². The molecular formula is C17H16N2S. The van der Waals surface area contributed by atoms with Crippen LogP contribution in [0.25, 0.3) is 11.0 Å². The Balaban J connectivity index is 2.14. The van der Waals surface area contributed by atoms with E-state index in [0.717, 1.165) is 28.2 Å². The zero-order chi connectivity index (χ0) is 13.9. The van der Waals surface area contributed by atoms with Gasteiger partial charge in [-0.1, -0.05) is 42.5 Å². The Morgan fingerprint density at radius 1 is 0.900 bits per heavy atom. The Hall–Kier alpha value is -1.87. The van der Waals surface area contributed by atoms with Crippen molar-refractivity contribution >= 4 is 23.7 Å². The molecule has 0 saturated heterocycles. The SMILES string of the molecule is Cc1nc2ccccc2nc1C(CS)c1ccccc1. The lowest BCUT2D eigenvalue weighted by molar-refractivity contribution is 0.865. The van der Waals surface area contributed by atoms with Crippen LogP contribution in [-0.2, 0) is 0 Å². The summed E-state index contributed by atoms with van der Waals surface area (Å²) in [6, 6.07) is 18.4. The highest BCUT2D eigenvalue weighted by Crippen LogP contribution is 2.27. The van der Waals surface area contributed by atoms with Crippen molar-refractivity contribution < 1.29 is 0 Å². The van der Waals surface area contributed by atoms with Gasteiger partial charge in [-0.25, -0.2) is 9.97 Å². The van der Waals surface area contributed by atoms with Gasteiger partial charge >= 0.3 is 0 Å². The fourth-order valence-electron chi connectivity index (χ4n) is 2.47. The van der Waals surface area contributed by atoms with E-state index in [4.69, 9.17) is 4.98 Å². The molecule has 0 saturated carbocycles. The number of rotatable bonds is 3. The van der Waals surface area contributed by atoms with Crippen molar-refractivity contribution in [3.63, 3.8) is 0 Å². The van der Waals surface area contributed by atoms with Crippen molar-refractivity contribution in [2.24, 2.45) is 0 Å². The van der Waals surface area contributed by atoms with Gasteiger partial charge in [0, 0.05) is 11.7 Å². The molecule has 2 aromatic carbocycles. The second kappa shape index (κ2) is 5.63. The van der Waals surface area contributed by atoms with Crippen LogP contribution in [0.3, 0.4) is 0 Å². The number of aryl methyl sites for hydroxylation is 1. The maximum atomic E-state index is 4.81. The fourth-order valence-corrected chi connectivity index (χ4v) is 2.85. The van der Waals surface area contributed by atoms with E-state index in [2.05, 4.69) is 41.9 Å². The minimum absolute atomic E-state index is 0.177. The van der Waals surface area contributed by atoms with Gasteiger partial charge < -0.3 is 0 Å². The lowest BCUT2D eigenvalue weighted by Crippen LogP contribution is -2.09. The third-order valence-electron chi connectivity index (χ3n) is 3.50. The molecule has 1 aromatic heterocycles. The standard InChI is InChI=1S/C17H16N2S/c1-12-17(14(11-20)13-7-3-2-4-8-13)19-16-10-6-5-9-15(16)18-12/h2-10,14,20H,11H2,1H3. The molecule has 100 valence electrons. The molecule has 0 spiro atoms. The topological polar surface area (TPSA) is 25.8 Å². The number of fused-ring (bicyclic) bond motifs is 1. The van der Waals surface area contributed by atoms with E-state index < -0.39 is 0 Å². The summed E-state index contributed by atoms with van der Waals surface area (Å²) >= 11 is 4.51. The third kappa shape index (κ3) is 2.41. The smallest absolute Gasteiger partial charge is 0.0890 e. The van der Waals surface area contributed by atoms with E-state index in [0.29, 0.717) is 0 Å². The van der Waals surface area contributed by atoms with E-state index in [-0.39, 0.29) is 5.92 Å². The molecule has 0 aliphatic carbocycles. The summed E-state index contributed by atoms with van der Waals surface area (Å²) in [6.45, 7) is 2.02. The highest BCUT2D eigenvalue weighted by atomic mass is 32.1. The molecule has 3 rings (SSSR count). The molecule has 1 unspecified atom stereocenters. The van der Waals surface area contributed by atoms with Crippen LogP contribution in [-0.4, -0.2) is 15.7 Å². The molecule has 2 nitrogen and oxygen atoms in total. The minimum Gasteiger partial charge on any atom is -0.250 e. The quantitative estimate of drug-likeness (QED) is 0.734. The van der Waals surface area contributed by atoms with E-state index in [9.17, 15) is 0 Å². The fraction of sp³-hybridized carbons (Fsp3) is 0.176. The van der Waals surface area contributed by atoms with Crippen molar-refractivity contribution in [3.8, 4) is 0 Å². The largest absolute Gasteiger partial charge is 0.250 e. The van der Waals surface area contributed by atoms with Crippen LogP contribution in [0.5, 0.6) is 0 Å². The van der Waals surface area contributed by atoms with Gasteiger partial charge in [0.15, 0.2) is 0 Å². The van der Waals surface area contributed by atoms with Gasteiger partial charge in [0.1, 0.15) is 0 Å². The monoisotopic (exact) mass is 280 g/mol. The van der Waals surface area contributed by atoms with Crippen LogP contribution in [0.1, 0.15) is 22.9 Å². The third-order valence-corrected chi connectivity index (χ3v) is 3.86. The molecule has 1 heterocycles. The van der Waals surface area contributed by atoms with Crippen molar-refractivity contribution in [1.82, 2.24) is 9.97 Å². The number of nitrogens with zero attached hydrogens (tertiary/aromatic N) is 2. The van der Waals surface area contributed by atoms with E-state index in [1.54, 1.807) is 0 Å². The molecule has 0 amide bonds. The van der Waals surface area contributed by atoms with Crippen molar-refractivity contribution in [1.29, 1.82) is 0 Å². The second-order valence-corrected chi connectivity index (χ2v) is 5.19. The van der Waals surface area contributed by atoms with Gasteiger partial charge in [-0.3, -0.25) is 0 Å². The van der Waals surface area contributed by atoms with Crippen molar-refractivity contribution in [2.45, 2.75) is 12.8 Å². The van der Waals surface area contributed by atoms with E-state index in [1.807, 2.05) is 37.3 Å². The first kappa shape index (κ1) is 13.1. The normalized spacial score (nSPS) is 12.5. The average Bonchev–Trinajstić information content (AvgIpc) is 2.49. The summed E-state index contributed by atoms with van der Waals surface area (Å²) in [4.78, 5) is 9.48. The molecule has 0 N–H and O–H groups in total. The van der Waals surface area contributed by atoms with Crippen LogP contribution < -0.4 is 0 Å². The van der Waals surface area contributed by atoms with Gasteiger partial charge in [-0.05, 0) is 24.6 Å². The Kier molecular flexibility index (Phi) is 3.70. The van der Waals surface area contributed by atoms with Gasteiger partial charge in [0.25, 0.3) is 0 Å². The molecule has 0 aliphatic rings. The lowest BCUT2D eigenvalue weighted by atomic mass is 9.96. The summed E-state index contributed by atoms with van der Waals surface area (Å²) in [5.74, 6) is 0.898. The van der Waals surface area contributed by atoms with E-state index in [1.165, 1.54) is 5.56 Å². The molecule has 0 radical (unpaired) electrons. The van der Waals surface area contributed by atoms with Crippen molar-refractivity contribution in [2.75, 3.05) is 5.75 Å². The second-order valence-electron chi connectivity index (χ2n) is 4.83. The van der Waals surface area contributed by atoms with E-state index >= 15 is 0 Å². The maximum Gasteiger partial charge on any atom is 0.0890 e. The number of hydrogen-bond acceptors (Lipinski definition) is 3. The summed E-state index contributed by atoms with van der Waals surface area (Å²) in [5.41, 5.74) is 5.11. The molecule has 0 fully saturated rings. The summed E-state index contributed by atoms with van der Waals surface area (Å²) in [7, 11) is 0. The van der Waals surface area contributed by atoms with Gasteiger partial charge in [0.2, 0.25) is 0 Å². The maximum absolute atomic E-state index is 4.81. The average molecular weight is 280 g/mol. The molecule has 1 atom stereocenters. The van der Waals surface area contributed by atoms with Crippen LogP contribution >= 0.6 is 12.6 Å². The number of para-hydroxylation sites is 2. The van der Waals surface area contributed by atoms with Gasteiger partial charge in [-0.15, -0.1) is 0 Å². The zero-order valence-corrected chi connectivity index (χ0v) is 12.2. The summed E-state index contributed by atoms with van der Waals surface area (Å²) in [5, 5.41) is 0. The number of thiol groups is 1. The predicted octanol–water partition coefficient (Wildman–Crippen LogP) is 4.00. The first-order valence-electron chi connectivity index (χ1n) is 6.68. The number of hydrogen-bond donors (Lipinski definition) is 1. The predicted molar refractivity (Wildman–Crippen MR) is 86.4 cm³/mol. The summed E-state index contributed by atoms with van der Waals surface area (Å²) < 4.78 is 0. The Labute approximate surface area is 124 Å². The molecular weight excluding hydrogens is 264 g/mol. The summed E-state index contributed by atoms with van der Waals surface area (Å²) in [6.07, 6.45) is 0. The lowest BCUT2D eigenvalue weighted by Gasteiger charge is -2.17. The molecule has 20 heavy (non-hydrogen) atoms. The van der Waals surface area contributed by atoms with Crippen molar-refractivity contribution in [3.05, 3.63) is 71.5 Å². The van der Waals surface area contributed by atoms with Crippen LogP contribution in [0.15, 0.2) is 54.6 Å². The Morgan fingerprint density at radius 3 is 2.15 bits per heavy atom. The molecule has 0 aliphatic heterocycles. The zero-order valence-electron chi connectivity index (χ0n) is 11.3. The Morgan fingerprint density at radius 2 is 1.50 bits per heavy atom. The van der Waals surface area contributed by atoms with Crippen LogP contribution in [0, 0.1) is 6.92 Å². The first-order valence-corrected chi connectivity index (χ1v) is 7.32. The first-order chi connectivity index (χ1) is 9.79.